The zero-order valence-electron chi connectivity index (χ0n) is 16.5. The molecule has 3 aromatic carbocycles. The lowest BCUT2D eigenvalue weighted by molar-refractivity contribution is -0.123. The number of hydrogen-bond acceptors (Lipinski definition) is 2. The first-order valence-electron chi connectivity index (χ1n) is 9.92. The van der Waals surface area contributed by atoms with Crippen molar-refractivity contribution in [3.63, 3.8) is 0 Å². The molecule has 3 nitrogen and oxygen atoms in total. The second-order valence-electron chi connectivity index (χ2n) is 7.58. The molecule has 2 atom stereocenters. The maximum Gasteiger partial charge on any atom is 0.237 e. The lowest BCUT2D eigenvalue weighted by Crippen LogP contribution is -2.50. The number of hydrogen-bond donors (Lipinski definition) is 2. The van der Waals surface area contributed by atoms with E-state index in [1.54, 1.807) is 12.1 Å². The van der Waals surface area contributed by atoms with Crippen molar-refractivity contribution in [1.82, 2.24) is 5.32 Å². The van der Waals surface area contributed by atoms with Crippen molar-refractivity contribution in [2.24, 2.45) is 0 Å². The molecule has 31 heavy (non-hydrogen) atoms. The van der Waals surface area contributed by atoms with Crippen LogP contribution in [0.1, 0.15) is 30.0 Å². The normalized spacial score (nSPS) is 21.8. The van der Waals surface area contributed by atoms with Crippen LogP contribution < -0.4 is 10.6 Å². The minimum absolute atomic E-state index is 0.137. The van der Waals surface area contributed by atoms with Gasteiger partial charge in [0.1, 0.15) is 0 Å². The molecule has 1 fully saturated rings. The maximum atomic E-state index is 13.7. The van der Waals surface area contributed by atoms with Gasteiger partial charge in [0, 0.05) is 15.7 Å². The highest BCUT2D eigenvalue weighted by molar-refractivity contribution is 6.31. The Morgan fingerprint density at radius 2 is 1.68 bits per heavy atom. The summed E-state index contributed by atoms with van der Waals surface area (Å²) in [5.74, 6) is -1.95. The zero-order valence-corrected chi connectivity index (χ0v) is 18.0. The van der Waals surface area contributed by atoms with E-state index in [4.69, 9.17) is 23.2 Å². The smallest absolute Gasteiger partial charge is 0.237 e. The third-order valence-electron chi connectivity index (χ3n) is 5.71. The van der Waals surface area contributed by atoms with Crippen LogP contribution >= 0.6 is 23.2 Å². The van der Waals surface area contributed by atoms with E-state index < -0.39 is 23.1 Å². The average Bonchev–Trinajstić information content (AvgIpc) is 3.02. The standard InChI is InChI=1S/C18H15ClF2N2O.C6H5Cl/c19-11-3-4-12-15(9-11)23-17(24)18(12)6-1-7-22-16(18)10-2-5-13(20)14(21)8-10;7-6-4-2-1-3-5-6/h2-5,8-9,16,22H,1,6-7H2,(H,23,24);1-5H/t16-,18-;/m1./s1. The van der Waals surface area contributed by atoms with Crippen molar-refractivity contribution >= 4 is 34.8 Å². The predicted octanol–water partition coefficient (Wildman–Crippen LogP) is 6.27. The first-order valence-corrected chi connectivity index (χ1v) is 10.7. The quantitative estimate of drug-likeness (QED) is 0.448. The van der Waals surface area contributed by atoms with E-state index in [0.717, 1.165) is 23.1 Å². The van der Waals surface area contributed by atoms with Crippen LogP contribution in [0.25, 0.3) is 0 Å². The molecule has 1 amide bonds. The molecule has 2 heterocycles. The zero-order chi connectivity index (χ0) is 22.0. The van der Waals surface area contributed by atoms with Crippen LogP contribution in [-0.2, 0) is 10.2 Å². The molecule has 0 aliphatic carbocycles. The first-order chi connectivity index (χ1) is 14.9. The number of halogens is 4. The van der Waals surface area contributed by atoms with Gasteiger partial charge in [-0.05, 0) is 66.9 Å². The fraction of sp³-hybridized carbons (Fsp3) is 0.208. The second kappa shape index (κ2) is 8.95. The van der Waals surface area contributed by atoms with Gasteiger partial charge >= 0.3 is 0 Å². The molecule has 0 bridgehead atoms. The van der Waals surface area contributed by atoms with Crippen molar-refractivity contribution in [3.05, 3.63) is 99.5 Å². The molecule has 5 rings (SSSR count). The molecule has 0 aromatic heterocycles. The molecule has 2 N–H and O–H groups in total. The summed E-state index contributed by atoms with van der Waals surface area (Å²) in [7, 11) is 0. The van der Waals surface area contributed by atoms with Crippen LogP contribution in [0.5, 0.6) is 0 Å². The minimum Gasteiger partial charge on any atom is -0.325 e. The van der Waals surface area contributed by atoms with Crippen LogP contribution in [0, 0.1) is 11.6 Å². The van der Waals surface area contributed by atoms with Crippen molar-refractivity contribution in [2.75, 3.05) is 11.9 Å². The third-order valence-corrected chi connectivity index (χ3v) is 6.20. The molecule has 2 aliphatic rings. The van der Waals surface area contributed by atoms with Gasteiger partial charge in [-0.1, -0.05) is 53.5 Å². The van der Waals surface area contributed by atoms with Crippen LogP contribution in [0.3, 0.4) is 0 Å². The van der Waals surface area contributed by atoms with Crippen molar-refractivity contribution in [2.45, 2.75) is 24.3 Å². The fourth-order valence-corrected chi connectivity index (χ4v) is 4.66. The summed E-state index contributed by atoms with van der Waals surface area (Å²) in [4.78, 5) is 12.9. The molecule has 0 saturated carbocycles. The SMILES string of the molecule is Clc1ccccc1.O=C1Nc2cc(Cl)ccc2[C@@]12CCCN[C@@H]2c1ccc(F)c(F)c1. The fourth-order valence-electron chi connectivity index (χ4n) is 4.34. The third kappa shape index (κ3) is 4.18. The summed E-state index contributed by atoms with van der Waals surface area (Å²) in [5.41, 5.74) is 1.25. The Bertz CT molecular complexity index is 1110. The van der Waals surface area contributed by atoms with Gasteiger partial charge in [-0.2, -0.15) is 0 Å². The van der Waals surface area contributed by atoms with Gasteiger partial charge in [0.05, 0.1) is 11.5 Å². The molecule has 0 unspecified atom stereocenters. The number of piperidine rings is 1. The van der Waals surface area contributed by atoms with Gasteiger partial charge in [-0.3, -0.25) is 4.79 Å². The van der Waals surface area contributed by atoms with Gasteiger partial charge in [0.25, 0.3) is 0 Å². The maximum absolute atomic E-state index is 13.7. The van der Waals surface area contributed by atoms with Crippen LogP contribution in [-0.4, -0.2) is 12.5 Å². The topological polar surface area (TPSA) is 41.1 Å². The van der Waals surface area contributed by atoms with E-state index >= 15 is 0 Å². The summed E-state index contributed by atoms with van der Waals surface area (Å²) >= 11 is 11.6. The largest absolute Gasteiger partial charge is 0.325 e. The number of benzene rings is 3. The number of amides is 1. The van der Waals surface area contributed by atoms with E-state index in [-0.39, 0.29) is 5.91 Å². The van der Waals surface area contributed by atoms with E-state index in [0.29, 0.717) is 29.2 Å². The summed E-state index contributed by atoms with van der Waals surface area (Å²) in [6.45, 7) is 0.710. The molecule has 1 saturated heterocycles. The van der Waals surface area contributed by atoms with Crippen molar-refractivity contribution in [1.29, 1.82) is 0 Å². The van der Waals surface area contributed by atoms with Gasteiger partial charge < -0.3 is 10.6 Å². The number of fused-ring (bicyclic) bond motifs is 2. The molecule has 2 aliphatic heterocycles. The molecule has 7 heteroatoms. The Labute approximate surface area is 189 Å². The Morgan fingerprint density at radius 1 is 0.903 bits per heavy atom. The number of carbonyl (C=O) groups excluding carboxylic acids is 1. The van der Waals surface area contributed by atoms with Gasteiger partial charge in [-0.15, -0.1) is 0 Å². The Morgan fingerprint density at radius 3 is 2.35 bits per heavy atom. The number of nitrogens with one attached hydrogen (secondary N) is 2. The second-order valence-corrected chi connectivity index (χ2v) is 8.45. The monoisotopic (exact) mass is 460 g/mol. The van der Waals surface area contributed by atoms with Crippen LogP contribution in [0.4, 0.5) is 14.5 Å². The van der Waals surface area contributed by atoms with Gasteiger partial charge in [0.15, 0.2) is 11.6 Å². The number of anilines is 1. The summed E-state index contributed by atoms with van der Waals surface area (Å²) in [5, 5.41) is 7.55. The number of rotatable bonds is 1. The van der Waals surface area contributed by atoms with Gasteiger partial charge in [-0.25, -0.2) is 8.78 Å². The minimum atomic E-state index is -0.912. The highest BCUT2D eigenvalue weighted by Gasteiger charge is 2.53. The predicted molar refractivity (Wildman–Crippen MR) is 120 cm³/mol. The lowest BCUT2D eigenvalue weighted by Gasteiger charge is -2.41. The number of carbonyl (C=O) groups is 1. The molecule has 0 radical (unpaired) electrons. The molecule has 3 aromatic rings. The first kappa shape index (κ1) is 21.8. The van der Waals surface area contributed by atoms with Crippen molar-refractivity contribution < 1.29 is 13.6 Å². The molecule has 1 spiro atoms. The summed E-state index contributed by atoms with van der Waals surface area (Å²) in [6, 6.07) is 18.1. The Hall–Kier alpha value is -2.47. The summed E-state index contributed by atoms with van der Waals surface area (Å²) in [6.07, 6.45) is 1.44. The van der Waals surface area contributed by atoms with Crippen LogP contribution in [0.2, 0.25) is 10.0 Å². The van der Waals surface area contributed by atoms with E-state index in [9.17, 15) is 13.6 Å². The highest BCUT2D eigenvalue weighted by Crippen LogP contribution is 2.51. The van der Waals surface area contributed by atoms with Crippen molar-refractivity contribution in [3.8, 4) is 0 Å². The van der Waals surface area contributed by atoms with E-state index in [2.05, 4.69) is 10.6 Å². The molecule has 160 valence electrons. The van der Waals surface area contributed by atoms with E-state index in [1.807, 2.05) is 36.4 Å². The highest BCUT2D eigenvalue weighted by atomic mass is 35.5. The Balaban J connectivity index is 0.000000282. The average molecular weight is 461 g/mol. The van der Waals surface area contributed by atoms with E-state index in [1.165, 1.54) is 12.1 Å². The van der Waals surface area contributed by atoms with Gasteiger partial charge in [0.2, 0.25) is 5.91 Å². The Kier molecular flexibility index (Phi) is 6.28. The lowest BCUT2D eigenvalue weighted by atomic mass is 9.67. The van der Waals surface area contributed by atoms with Crippen LogP contribution in [0.15, 0.2) is 66.7 Å². The molecular weight excluding hydrogens is 441 g/mol. The molecular formula is C24H20Cl2F2N2O. The summed E-state index contributed by atoms with van der Waals surface area (Å²) < 4.78 is 27.0.